The average Bonchev–Trinajstić information content (AvgIpc) is 2.58. The van der Waals surface area contributed by atoms with Crippen molar-refractivity contribution in [2.24, 2.45) is 0 Å². The van der Waals surface area contributed by atoms with Gasteiger partial charge in [0.1, 0.15) is 10.7 Å². The van der Waals surface area contributed by atoms with Crippen LogP contribution in [-0.4, -0.2) is 13.4 Å². The highest BCUT2D eigenvalue weighted by molar-refractivity contribution is 9.11. The number of anilines is 1. The molecular weight excluding hydrogens is 343 g/mol. The number of hydrogen-bond acceptors (Lipinski definition) is 4. The topological polar surface area (TPSA) is 59.1 Å². The van der Waals surface area contributed by atoms with E-state index in [0.29, 0.717) is 4.88 Å². The van der Waals surface area contributed by atoms with E-state index in [2.05, 4.69) is 25.6 Å². The molecule has 18 heavy (non-hydrogen) atoms. The number of pyridine rings is 1. The second-order valence-corrected chi connectivity index (χ2v) is 7.75. The first-order valence-corrected chi connectivity index (χ1v) is 7.87. The van der Waals surface area contributed by atoms with E-state index in [1.165, 1.54) is 23.6 Å². The number of aromatic nitrogens is 1. The Bertz CT molecular complexity index is 685. The van der Waals surface area contributed by atoms with Crippen LogP contribution in [0.3, 0.4) is 0 Å². The van der Waals surface area contributed by atoms with Crippen molar-refractivity contribution in [2.45, 2.75) is 11.8 Å². The minimum Gasteiger partial charge on any atom is -0.278 e. The summed E-state index contributed by atoms with van der Waals surface area (Å²) in [4.78, 5) is 4.40. The normalized spacial score (nSPS) is 11.5. The average molecular weight is 351 g/mol. The molecule has 2 aromatic heterocycles. The number of aryl methyl sites for hydroxylation is 1. The smallest absolute Gasteiger partial charge is 0.263 e. The van der Waals surface area contributed by atoms with E-state index < -0.39 is 15.8 Å². The highest BCUT2D eigenvalue weighted by Crippen LogP contribution is 2.30. The molecule has 0 atom stereocenters. The van der Waals surface area contributed by atoms with E-state index in [-0.39, 0.29) is 10.6 Å². The molecule has 0 aliphatic carbocycles. The first-order valence-electron chi connectivity index (χ1n) is 4.78. The van der Waals surface area contributed by atoms with Gasteiger partial charge in [0, 0.05) is 10.9 Å². The van der Waals surface area contributed by atoms with E-state index >= 15 is 0 Å². The first kappa shape index (κ1) is 13.4. The summed E-state index contributed by atoms with van der Waals surface area (Å²) in [5.74, 6) is -0.599. The molecular formula is C10H8BrFN2O2S2. The lowest BCUT2D eigenvalue weighted by molar-refractivity contribution is 0.600. The molecule has 0 saturated carbocycles. The molecule has 96 valence electrons. The lowest BCUT2D eigenvalue weighted by Crippen LogP contribution is -2.13. The Morgan fingerprint density at radius 2 is 2.11 bits per heavy atom. The Balaban J connectivity index is 2.36. The number of rotatable bonds is 3. The summed E-state index contributed by atoms with van der Waals surface area (Å²) in [6.07, 6.45) is 2.25. The molecule has 0 aliphatic rings. The van der Waals surface area contributed by atoms with Crippen LogP contribution in [0.2, 0.25) is 0 Å². The van der Waals surface area contributed by atoms with Gasteiger partial charge in [0.2, 0.25) is 0 Å². The van der Waals surface area contributed by atoms with Crippen molar-refractivity contribution in [3.63, 3.8) is 0 Å². The molecule has 2 heterocycles. The third kappa shape index (κ3) is 2.88. The SMILES string of the molecule is Cc1sc(Br)cc1S(=O)(=O)Nc1cncc(F)c1. The summed E-state index contributed by atoms with van der Waals surface area (Å²) in [6, 6.07) is 2.58. The van der Waals surface area contributed by atoms with Gasteiger partial charge in [-0.1, -0.05) is 0 Å². The monoisotopic (exact) mass is 350 g/mol. The molecule has 0 aromatic carbocycles. The van der Waals surface area contributed by atoms with Crippen LogP contribution in [0.25, 0.3) is 0 Å². The van der Waals surface area contributed by atoms with E-state index in [1.807, 2.05) is 0 Å². The predicted molar refractivity (Wildman–Crippen MR) is 71.8 cm³/mol. The zero-order valence-electron chi connectivity index (χ0n) is 9.15. The van der Waals surface area contributed by atoms with Crippen LogP contribution >= 0.6 is 27.3 Å². The summed E-state index contributed by atoms with van der Waals surface area (Å²) in [5, 5.41) is 0. The number of hydrogen-bond donors (Lipinski definition) is 1. The Hall–Kier alpha value is -0.990. The van der Waals surface area contributed by atoms with E-state index in [0.717, 1.165) is 16.0 Å². The highest BCUT2D eigenvalue weighted by atomic mass is 79.9. The molecule has 1 N–H and O–H groups in total. The Kier molecular flexibility index (Phi) is 3.69. The van der Waals surface area contributed by atoms with Gasteiger partial charge in [-0.15, -0.1) is 11.3 Å². The van der Waals surface area contributed by atoms with Gasteiger partial charge in [0.15, 0.2) is 0 Å². The summed E-state index contributed by atoms with van der Waals surface area (Å²) in [5.41, 5.74) is 0.0942. The maximum atomic E-state index is 12.9. The third-order valence-electron chi connectivity index (χ3n) is 2.09. The molecule has 2 aromatic rings. The molecule has 4 nitrogen and oxygen atoms in total. The standard InChI is InChI=1S/C10H8BrFN2O2S2/c1-6-9(3-10(11)17-6)18(15,16)14-8-2-7(12)4-13-5-8/h2-5,14H,1H3. The van der Waals surface area contributed by atoms with Crippen molar-refractivity contribution >= 4 is 43.0 Å². The number of nitrogens with zero attached hydrogens (tertiary/aromatic N) is 1. The van der Waals surface area contributed by atoms with Crippen LogP contribution in [-0.2, 0) is 10.0 Å². The Morgan fingerprint density at radius 3 is 2.67 bits per heavy atom. The fraction of sp³-hybridized carbons (Fsp3) is 0.100. The molecule has 8 heteroatoms. The fourth-order valence-corrected chi connectivity index (χ4v) is 4.83. The van der Waals surface area contributed by atoms with Gasteiger partial charge in [-0.05, 0) is 28.9 Å². The summed E-state index contributed by atoms with van der Waals surface area (Å²) < 4.78 is 40.1. The molecule has 0 spiro atoms. The van der Waals surface area contributed by atoms with Gasteiger partial charge < -0.3 is 0 Å². The highest BCUT2D eigenvalue weighted by Gasteiger charge is 2.19. The van der Waals surface area contributed by atoms with Gasteiger partial charge in [0.25, 0.3) is 10.0 Å². The molecule has 0 saturated heterocycles. The lowest BCUT2D eigenvalue weighted by Gasteiger charge is -2.06. The second-order valence-electron chi connectivity index (χ2n) is 3.47. The van der Waals surface area contributed by atoms with E-state index in [4.69, 9.17) is 0 Å². The van der Waals surface area contributed by atoms with Crippen LogP contribution in [0.5, 0.6) is 0 Å². The minimum atomic E-state index is -3.72. The zero-order valence-corrected chi connectivity index (χ0v) is 12.4. The molecule has 0 fully saturated rings. The lowest BCUT2D eigenvalue weighted by atomic mass is 10.4. The van der Waals surface area contributed by atoms with Crippen molar-refractivity contribution in [1.29, 1.82) is 0 Å². The number of nitrogens with one attached hydrogen (secondary N) is 1. The van der Waals surface area contributed by atoms with Gasteiger partial charge in [-0.3, -0.25) is 9.71 Å². The van der Waals surface area contributed by atoms with Crippen molar-refractivity contribution in [1.82, 2.24) is 4.98 Å². The molecule has 0 amide bonds. The third-order valence-corrected chi connectivity index (χ3v) is 5.28. The van der Waals surface area contributed by atoms with Gasteiger partial charge in [-0.2, -0.15) is 0 Å². The van der Waals surface area contributed by atoms with Gasteiger partial charge in [0.05, 0.1) is 21.9 Å². The molecule has 0 unspecified atom stereocenters. The fourth-order valence-electron chi connectivity index (χ4n) is 1.38. The Labute approximate surface area is 116 Å². The maximum absolute atomic E-state index is 12.9. The van der Waals surface area contributed by atoms with Crippen molar-refractivity contribution in [3.05, 3.63) is 39.0 Å². The van der Waals surface area contributed by atoms with Crippen LogP contribution in [0, 0.1) is 12.7 Å². The summed E-state index contributed by atoms with van der Waals surface area (Å²) in [7, 11) is -3.72. The quantitative estimate of drug-likeness (QED) is 0.924. The molecule has 0 bridgehead atoms. The first-order chi connectivity index (χ1) is 8.38. The zero-order chi connectivity index (χ0) is 13.3. The van der Waals surface area contributed by atoms with Crippen LogP contribution < -0.4 is 4.72 Å². The second kappa shape index (κ2) is 4.94. The summed E-state index contributed by atoms with van der Waals surface area (Å²) in [6.45, 7) is 1.70. The Morgan fingerprint density at radius 1 is 1.39 bits per heavy atom. The van der Waals surface area contributed by atoms with E-state index in [1.54, 1.807) is 6.92 Å². The molecule has 0 aliphatic heterocycles. The van der Waals surface area contributed by atoms with Crippen LogP contribution in [0.1, 0.15) is 4.88 Å². The molecule has 0 radical (unpaired) electrons. The maximum Gasteiger partial charge on any atom is 0.263 e. The molecule has 2 rings (SSSR count). The van der Waals surface area contributed by atoms with Crippen molar-refractivity contribution in [2.75, 3.05) is 4.72 Å². The van der Waals surface area contributed by atoms with Crippen LogP contribution in [0.4, 0.5) is 10.1 Å². The van der Waals surface area contributed by atoms with Crippen LogP contribution in [0.15, 0.2) is 33.2 Å². The van der Waals surface area contributed by atoms with Gasteiger partial charge >= 0.3 is 0 Å². The summed E-state index contributed by atoms with van der Waals surface area (Å²) >= 11 is 4.54. The van der Waals surface area contributed by atoms with Crippen molar-refractivity contribution < 1.29 is 12.8 Å². The number of thiophene rings is 1. The minimum absolute atomic E-state index is 0.0942. The van der Waals surface area contributed by atoms with Crippen molar-refractivity contribution in [3.8, 4) is 0 Å². The van der Waals surface area contributed by atoms with Gasteiger partial charge in [-0.25, -0.2) is 12.8 Å². The number of halogens is 2. The largest absolute Gasteiger partial charge is 0.278 e. The van der Waals surface area contributed by atoms with E-state index in [9.17, 15) is 12.8 Å². The number of sulfonamides is 1. The predicted octanol–water partition coefficient (Wildman–Crippen LogP) is 3.15.